The van der Waals surface area contributed by atoms with Gasteiger partial charge in [-0.3, -0.25) is 14.5 Å². The molecule has 0 atom stereocenters. The Balaban J connectivity index is 1.67. The van der Waals surface area contributed by atoms with E-state index in [1.807, 2.05) is 54.6 Å². The van der Waals surface area contributed by atoms with Crippen LogP contribution in [0.5, 0.6) is 0 Å². The van der Waals surface area contributed by atoms with Crippen LogP contribution in [-0.2, 0) is 16.0 Å². The molecule has 1 heterocycles. The van der Waals surface area contributed by atoms with Gasteiger partial charge in [-0.05, 0) is 47.9 Å². The Morgan fingerprint density at radius 2 is 1.60 bits per heavy atom. The highest BCUT2D eigenvalue weighted by atomic mass is 79.9. The summed E-state index contributed by atoms with van der Waals surface area (Å²) in [6.07, 6.45) is 0.555. The summed E-state index contributed by atoms with van der Waals surface area (Å²) in [7, 11) is 0. The highest BCUT2D eigenvalue weighted by Gasteiger charge is 2.38. The molecule has 0 saturated heterocycles. The number of hydrogen-bond donors (Lipinski definition) is 1. The van der Waals surface area contributed by atoms with E-state index >= 15 is 0 Å². The van der Waals surface area contributed by atoms with E-state index in [9.17, 15) is 14.0 Å². The van der Waals surface area contributed by atoms with Crippen LogP contribution in [0, 0.1) is 5.82 Å². The molecule has 1 aliphatic rings. The van der Waals surface area contributed by atoms with Crippen LogP contribution in [0.1, 0.15) is 11.1 Å². The summed E-state index contributed by atoms with van der Waals surface area (Å²) in [5, 5.41) is 3.10. The van der Waals surface area contributed by atoms with E-state index in [0.29, 0.717) is 17.7 Å². The smallest absolute Gasteiger partial charge is 0.278 e. The molecule has 0 aromatic heterocycles. The van der Waals surface area contributed by atoms with E-state index in [-0.39, 0.29) is 23.7 Å². The topological polar surface area (TPSA) is 49.4 Å². The minimum absolute atomic E-state index is 0.192. The predicted octanol–water partition coefficient (Wildman–Crippen LogP) is 5.02. The van der Waals surface area contributed by atoms with Crippen LogP contribution in [0.25, 0.3) is 5.57 Å². The molecular formula is C24H18BrFN2O2. The Hall–Kier alpha value is -3.25. The maximum Gasteiger partial charge on any atom is 0.278 e. The largest absolute Gasteiger partial charge is 0.350 e. The lowest BCUT2D eigenvalue weighted by Gasteiger charge is -2.15. The number of carbonyl (C=O) groups is 2. The molecule has 2 amide bonds. The molecule has 0 radical (unpaired) electrons. The number of anilines is 1. The molecule has 0 unspecified atom stereocenters. The summed E-state index contributed by atoms with van der Waals surface area (Å²) >= 11 is 3.41. The van der Waals surface area contributed by atoms with Crippen LogP contribution < -0.4 is 5.32 Å². The summed E-state index contributed by atoms with van der Waals surface area (Å²) < 4.78 is 14.3. The van der Waals surface area contributed by atoms with Gasteiger partial charge in [0.15, 0.2) is 0 Å². The Morgan fingerprint density at radius 1 is 0.867 bits per heavy atom. The quantitative estimate of drug-likeness (QED) is 0.520. The van der Waals surface area contributed by atoms with E-state index in [2.05, 4.69) is 21.2 Å². The van der Waals surface area contributed by atoms with Crippen molar-refractivity contribution in [1.82, 2.24) is 4.90 Å². The first-order valence-electron chi connectivity index (χ1n) is 9.46. The number of rotatable bonds is 6. The molecule has 6 heteroatoms. The number of imide groups is 1. The minimum atomic E-state index is -0.404. The van der Waals surface area contributed by atoms with E-state index < -0.39 is 11.7 Å². The Morgan fingerprint density at radius 3 is 2.30 bits per heavy atom. The first-order valence-corrected chi connectivity index (χ1v) is 10.2. The summed E-state index contributed by atoms with van der Waals surface area (Å²) in [6, 6.07) is 22.6. The molecule has 1 aliphatic heterocycles. The van der Waals surface area contributed by atoms with Crippen LogP contribution >= 0.6 is 15.9 Å². The molecular weight excluding hydrogens is 447 g/mol. The standard InChI is InChI=1S/C24H18BrFN2O2/c25-18-7-4-8-20(15-18)27-22-21(17-9-11-19(26)12-10-17)23(29)28(24(22)30)14-13-16-5-2-1-3-6-16/h1-12,15,27H,13-14H2. The van der Waals surface area contributed by atoms with Crippen LogP contribution in [-0.4, -0.2) is 23.3 Å². The molecule has 4 rings (SSSR count). The van der Waals surface area contributed by atoms with Crippen molar-refractivity contribution in [2.24, 2.45) is 0 Å². The van der Waals surface area contributed by atoms with Gasteiger partial charge in [0, 0.05) is 16.7 Å². The Bertz CT molecular complexity index is 1130. The first-order chi connectivity index (χ1) is 14.5. The van der Waals surface area contributed by atoms with Crippen molar-refractivity contribution in [2.45, 2.75) is 6.42 Å². The van der Waals surface area contributed by atoms with Crippen molar-refractivity contribution in [2.75, 3.05) is 11.9 Å². The van der Waals surface area contributed by atoms with E-state index in [1.54, 1.807) is 0 Å². The van der Waals surface area contributed by atoms with Gasteiger partial charge < -0.3 is 5.32 Å². The average Bonchev–Trinajstić information content (AvgIpc) is 2.97. The molecule has 0 spiro atoms. The van der Waals surface area contributed by atoms with Crippen LogP contribution in [0.15, 0.2) is 89.0 Å². The number of amides is 2. The van der Waals surface area contributed by atoms with Crippen LogP contribution in [0.2, 0.25) is 0 Å². The lowest BCUT2D eigenvalue weighted by atomic mass is 10.0. The number of nitrogens with zero attached hydrogens (tertiary/aromatic N) is 1. The Labute approximate surface area is 182 Å². The normalized spacial score (nSPS) is 13.9. The maximum atomic E-state index is 13.4. The third-order valence-electron chi connectivity index (χ3n) is 4.86. The summed E-state index contributed by atoms with van der Waals surface area (Å²) in [6.45, 7) is 0.260. The molecule has 0 saturated carbocycles. The second-order valence-corrected chi connectivity index (χ2v) is 7.81. The molecule has 1 N–H and O–H groups in total. The zero-order chi connectivity index (χ0) is 21.1. The van der Waals surface area contributed by atoms with E-state index in [4.69, 9.17) is 0 Å². The third kappa shape index (κ3) is 4.19. The van der Waals surface area contributed by atoms with E-state index in [0.717, 1.165) is 10.0 Å². The van der Waals surface area contributed by atoms with Gasteiger partial charge in [-0.1, -0.05) is 64.5 Å². The van der Waals surface area contributed by atoms with Crippen molar-refractivity contribution < 1.29 is 14.0 Å². The number of benzene rings is 3. The second kappa shape index (κ2) is 8.63. The fourth-order valence-corrected chi connectivity index (χ4v) is 3.77. The van der Waals surface area contributed by atoms with Crippen molar-refractivity contribution in [3.8, 4) is 0 Å². The minimum Gasteiger partial charge on any atom is -0.350 e. The lowest BCUT2D eigenvalue weighted by molar-refractivity contribution is -0.136. The van der Waals surface area contributed by atoms with Crippen molar-refractivity contribution in [1.29, 1.82) is 0 Å². The van der Waals surface area contributed by atoms with Crippen molar-refractivity contribution in [3.63, 3.8) is 0 Å². The predicted molar refractivity (Wildman–Crippen MR) is 118 cm³/mol. The van der Waals surface area contributed by atoms with Crippen molar-refractivity contribution >= 4 is 39.0 Å². The van der Waals surface area contributed by atoms with Gasteiger partial charge in [0.25, 0.3) is 11.8 Å². The summed E-state index contributed by atoms with van der Waals surface area (Å²) in [4.78, 5) is 27.6. The fourth-order valence-electron chi connectivity index (χ4n) is 3.38. The zero-order valence-corrected chi connectivity index (χ0v) is 17.5. The highest BCUT2D eigenvalue weighted by molar-refractivity contribution is 9.10. The second-order valence-electron chi connectivity index (χ2n) is 6.89. The number of hydrogen-bond acceptors (Lipinski definition) is 3. The maximum absolute atomic E-state index is 13.4. The van der Waals surface area contributed by atoms with Gasteiger partial charge in [-0.2, -0.15) is 0 Å². The fraction of sp³-hybridized carbons (Fsp3) is 0.0833. The summed E-state index contributed by atoms with van der Waals surface area (Å²) in [5.41, 5.74) is 2.64. The molecule has 150 valence electrons. The van der Waals surface area contributed by atoms with Gasteiger partial charge in [-0.15, -0.1) is 0 Å². The van der Waals surface area contributed by atoms with Gasteiger partial charge >= 0.3 is 0 Å². The SMILES string of the molecule is O=C1C(Nc2cccc(Br)c2)=C(c2ccc(F)cc2)C(=O)N1CCc1ccccc1. The highest BCUT2D eigenvalue weighted by Crippen LogP contribution is 2.31. The molecule has 3 aromatic rings. The zero-order valence-electron chi connectivity index (χ0n) is 15.9. The molecule has 0 fully saturated rings. The lowest BCUT2D eigenvalue weighted by Crippen LogP contribution is -2.34. The molecule has 30 heavy (non-hydrogen) atoms. The van der Waals surface area contributed by atoms with Gasteiger partial charge in [0.2, 0.25) is 0 Å². The molecule has 4 nitrogen and oxygen atoms in total. The van der Waals surface area contributed by atoms with Gasteiger partial charge in [0.05, 0.1) is 5.57 Å². The van der Waals surface area contributed by atoms with Crippen LogP contribution in [0.3, 0.4) is 0 Å². The monoisotopic (exact) mass is 464 g/mol. The van der Waals surface area contributed by atoms with E-state index in [1.165, 1.54) is 29.2 Å². The molecule has 0 aliphatic carbocycles. The third-order valence-corrected chi connectivity index (χ3v) is 5.36. The van der Waals surface area contributed by atoms with Gasteiger partial charge in [0.1, 0.15) is 11.5 Å². The van der Waals surface area contributed by atoms with Crippen molar-refractivity contribution in [3.05, 3.63) is 106 Å². The number of halogens is 2. The number of nitrogens with one attached hydrogen (secondary N) is 1. The first kappa shape index (κ1) is 20.0. The van der Waals surface area contributed by atoms with Gasteiger partial charge in [-0.25, -0.2) is 4.39 Å². The average molecular weight is 465 g/mol. The molecule has 3 aromatic carbocycles. The number of carbonyl (C=O) groups excluding carboxylic acids is 2. The van der Waals surface area contributed by atoms with Crippen LogP contribution in [0.4, 0.5) is 10.1 Å². The summed E-state index contributed by atoms with van der Waals surface area (Å²) in [5.74, 6) is -1.19. The molecule has 0 bridgehead atoms. The Kier molecular flexibility index (Phi) is 5.77.